The van der Waals surface area contributed by atoms with Gasteiger partial charge < -0.3 is 10.4 Å². The third-order valence-electron chi connectivity index (χ3n) is 3.75. The summed E-state index contributed by atoms with van der Waals surface area (Å²) in [6.45, 7) is 9.18. The molecule has 0 aromatic heterocycles. The van der Waals surface area contributed by atoms with Crippen LogP contribution in [-0.2, 0) is 33.7 Å². The number of phenolic OH excluding ortho intramolecular Hbond substituents is 1. The van der Waals surface area contributed by atoms with Crippen molar-refractivity contribution in [1.82, 2.24) is 0 Å². The summed E-state index contributed by atoms with van der Waals surface area (Å²) in [4.78, 5) is 1.26. The van der Waals surface area contributed by atoms with Crippen molar-refractivity contribution in [2.75, 3.05) is 11.1 Å². The number of nitrogens with one attached hydrogen (secondary N) is 1. The van der Waals surface area contributed by atoms with Gasteiger partial charge in [0.1, 0.15) is 5.75 Å². The first-order valence-corrected chi connectivity index (χ1v) is 9.19. The van der Waals surface area contributed by atoms with Crippen LogP contribution >= 0.6 is 11.8 Å². The number of hydrogen-bond donors (Lipinski definition) is 2. The Hall–Kier alpha value is -0.896. The molecule has 0 radical (unpaired) electrons. The zero-order valence-corrected chi connectivity index (χ0v) is 17.4. The minimum Gasteiger partial charge on any atom is -0.507 e. The maximum atomic E-state index is 10.6. The molecule has 4 heteroatoms. The van der Waals surface area contributed by atoms with Crippen LogP contribution in [0.1, 0.15) is 45.2 Å². The maximum absolute atomic E-state index is 10.6. The number of phenols is 1. The van der Waals surface area contributed by atoms with Gasteiger partial charge in [0.05, 0.1) is 0 Å². The van der Waals surface area contributed by atoms with Gasteiger partial charge in [0, 0.05) is 44.4 Å². The number of hydrogen-bond acceptors (Lipinski definition) is 3. The molecule has 0 unspecified atom stereocenters. The van der Waals surface area contributed by atoms with Crippen molar-refractivity contribution in [3.8, 4) is 5.75 Å². The molecule has 0 atom stereocenters. The van der Waals surface area contributed by atoms with Gasteiger partial charge >= 0.3 is 0 Å². The Kier molecular flexibility index (Phi) is 8.42. The van der Waals surface area contributed by atoms with E-state index < -0.39 is 0 Å². The fourth-order valence-electron chi connectivity index (χ4n) is 2.48. The van der Waals surface area contributed by atoms with Crippen molar-refractivity contribution in [2.45, 2.75) is 51.0 Å². The molecule has 2 nitrogen and oxygen atoms in total. The molecule has 2 aromatic carbocycles. The fourth-order valence-corrected chi connectivity index (χ4v) is 3.37. The first kappa shape index (κ1) is 21.1. The summed E-state index contributed by atoms with van der Waals surface area (Å²) in [6.07, 6.45) is 1.16. The minimum atomic E-state index is -0.0605. The smallest absolute Gasteiger partial charge is 0.124 e. The summed E-state index contributed by atoms with van der Waals surface area (Å²) in [5.41, 5.74) is 3.00. The van der Waals surface area contributed by atoms with Gasteiger partial charge in [0.25, 0.3) is 0 Å². The summed E-state index contributed by atoms with van der Waals surface area (Å²) in [6, 6.07) is 14.4. The van der Waals surface area contributed by atoms with Crippen LogP contribution in [0, 0.1) is 0 Å². The van der Waals surface area contributed by atoms with Crippen LogP contribution in [0.5, 0.6) is 5.75 Å². The minimum absolute atomic E-state index is 0. The normalized spacial score (nSPS) is 11.0. The Balaban J connectivity index is 0.00000288. The predicted molar refractivity (Wildman–Crippen MR) is 102 cm³/mol. The molecule has 2 N–H and O–H groups in total. The quantitative estimate of drug-likeness (QED) is 0.493. The predicted octanol–water partition coefficient (Wildman–Crippen LogP) is 5.80. The average molecular weight is 377 g/mol. The van der Waals surface area contributed by atoms with E-state index in [1.165, 1.54) is 4.90 Å². The molecule has 0 aliphatic carbocycles. The van der Waals surface area contributed by atoms with Crippen molar-refractivity contribution in [3.05, 3.63) is 53.6 Å². The van der Waals surface area contributed by atoms with Gasteiger partial charge in [-0.2, -0.15) is 0 Å². The SMILES string of the molecule is CCCSc1ccccc1NCc1cccc(C(C)(C)C)c1O.[Ti]. The molecule has 0 fully saturated rings. The molecule has 0 heterocycles. The van der Waals surface area contributed by atoms with E-state index in [2.05, 4.69) is 51.2 Å². The molecular formula is C20H27NOSTi. The second kappa shape index (κ2) is 9.55. The van der Waals surface area contributed by atoms with Crippen LogP contribution in [0.3, 0.4) is 0 Å². The third-order valence-corrected chi connectivity index (χ3v) is 5.03. The summed E-state index contributed by atoms with van der Waals surface area (Å²) in [7, 11) is 0. The van der Waals surface area contributed by atoms with E-state index in [0.717, 1.165) is 29.0 Å². The van der Waals surface area contributed by atoms with Gasteiger partial charge in [-0.15, -0.1) is 11.8 Å². The van der Waals surface area contributed by atoms with Gasteiger partial charge in [0.2, 0.25) is 0 Å². The Morgan fingerprint density at radius 1 is 1.04 bits per heavy atom. The molecule has 0 aliphatic rings. The molecular weight excluding hydrogens is 350 g/mol. The van der Waals surface area contributed by atoms with Gasteiger partial charge in [-0.25, -0.2) is 0 Å². The number of anilines is 1. The molecule has 0 saturated carbocycles. The first-order chi connectivity index (χ1) is 10.9. The molecule has 2 aromatic rings. The van der Waals surface area contributed by atoms with E-state index in [-0.39, 0.29) is 27.1 Å². The molecule has 24 heavy (non-hydrogen) atoms. The Morgan fingerprint density at radius 2 is 1.75 bits per heavy atom. The van der Waals surface area contributed by atoms with Crippen molar-refractivity contribution in [2.24, 2.45) is 0 Å². The number of para-hydroxylation sites is 2. The summed E-state index contributed by atoms with van der Waals surface area (Å²) in [5, 5.41) is 14.0. The van der Waals surface area contributed by atoms with E-state index in [1.807, 2.05) is 36.0 Å². The number of aromatic hydroxyl groups is 1. The van der Waals surface area contributed by atoms with Crippen LogP contribution in [0.2, 0.25) is 0 Å². The van der Waals surface area contributed by atoms with Gasteiger partial charge in [-0.3, -0.25) is 0 Å². The molecule has 128 valence electrons. The summed E-state index contributed by atoms with van der Waals surface area (Å²) in [5.74, 6) is 1.52. The van der Waals surface area contributed by atoms with Gasteiger partial charge in [-0.1, -0.05) is 58.0 Å². The number of thioether (sulfide) groups is 1. The second-order valence-corrected chi connectivity index (χ2v) is 7.90. The van der Waals surface area contributed by atoms with E-state index in [1.54, 1.807) is 0 Å². The van der Waals surface area contributed by atoms with Crippen LogP contribution in [0.15, 0.2) is 47.4 Å². The Bertz CT molecular complexity index is 652. The number of benzene rings is 2. The molecule has 0 aliphatic heterocycles. The second-order valence-electron chi connectivity index (χ2n) is 6.76. The molecule has 0 amide bonds. The van der Waals surface area contributed by atoms with E-state index in [4.69, 9.17) is 0 Å². The monoisotopic (exact) mass is 377 g/mol. The van der Waals surface area contributed by atoms with Crippen molar-refractivity contribution in [3.63, 3.8) is 0 Å². The third kappa shape index (κ3) is 5.58. The maximum Gasteiger partial charge on any atom is 0.124 e. The standard InChI is InChI=1S/C20H27NOS.Ti/c1-5-13-23-18-12-7-6-11-17(18)21-14-15-9-8-10-16(19(15)22)20(2,3)4;/h6-12,21-22H,5,13-14H2,1-4H3;. The zero-order valence-electron chi connectivity index (χ0n) is 15.0. The van der Waals surface area contributed by atoms with Gasteiger partial charge in [0.15, 0.2) is 0 Å². The van der Waals surface area contributed by atoms with Crippen LogP contribution in [0.4, 0.5) is 5.69 Å². The Labute approximate surface area is 165 Å². The zero-order chi connectivity index (χ0) is 16.9. The first-order valence-electron chi connectivity index (χ1n) is 8.20. The van der Waals surface area contributed by atoms with Crippen LogP contribution < -0.4 is 5.32 Å². The van der Waals surface area contributed by atoms with Crippen molar-refractivity contribution in [1.29, 1.82) is 0 Å². The fraction of sp³-hybridized carbons (Fsp3) is 0.400. The largest absolute Gasteiger partial charge is 0.507 e. The Morgan fingerprint density at radius 3 is 2.42 bits per heavy atom. The van der Waals surface area contributed by atoms with E-state index in [9.17, 15) is 5.11 Å². The van der Waals surface area contributed by atoms with Crippen molar-refractivity contribution >= 4 is 17.4 Å². The molecule has 2 rings (SSSR count). The van der Waals surface area contributed by atoms with Crippen molar-refractivity contribution < 1.29 is 26.8 Å². The van der Waals surface area contributed by atoms with Crippen LogP contribution in [0.25, 0.3) is 0 Å². The van der Waals surface area contributed by atoms with E-state index in [0.29, 0.717) is 12.3 Å². The van der Waals surface area contributed by atoms with E-state index >= 15 is 0 Å². The van der Waals surface area contributed by atoms with Crippen LogP contribution in [-0.4, -0.2) is 10.9 Å². The molecule has 0 spiro atoms. The summed E-state index contributed by atoms with van der Waals surface area (Å²) >= 11 is 1.87. The summed E-state index contributed by atoms with van der Waals surface area (Å²) < 4.78 is 0. The van der Waals surface area contributed by atoms with Gasteiger partial charge in [-0.05, 0) is 35.3 Å². The molecule has 0 saturated heterocycles. The topological polar surface area (TPSA) is 32.3 Å². The number of rotatable bonds is 6. The average Bonchev–Trinajstić information content (AvgIpc) is 2.51. The molecule has 0 bridgehead atoms.